The van der Waals surface area contributed by atoms with Crippen LogP contribution in [0.4, 0.5) is 4.79 Å². The van der Waals surface area contributed by atoms with E-state index in [-0.39, 0.29) is 5.78 Å². The van der Waals surface area contributed by atoms with E-state index in [9.17, 15) is 19.2 Å². The molecule has 0 aromatic heterocycles. The van der Waals surface area contributed by atoms with Gasteiger partial charge in [0.2, 0.25) is 0 Å². The van der Waals surface area contributed by atoms with Gasteiger partial charge in [0.25, 0.3) is 11.8 Å². The third-order valence-corrected chi connectivity index (χ3v) is 5.95. The molecule has 0 unspecified atom stereocenters. The van der Waals surface area contributed by atoms with Gasteiger partial charge in [0.1, 0.15) is 11.3 Å². The van der Waals surface area contributed by atoms with Crippen molar-refractivity contribution < 1.29 is 23.9 Å². The van der Waals surface area contributed by atoms with Crippen LogP contribution in [0.2, 0.25) is 5.02 Å². The number of nitrogens with one attached hydrogen (secondary N) is 2. The number of hydrogen-bond acceptors (Lipinski definition) is 5. The second kappa shape index (κ2) is 9.00. The molecule has 2 aromatic carbocycles. The zero-order valence-corrected chi connectivity index (χ0v) is 18.0. The largest absolute Gasteiger partial charge is 0.484 e. The number of amides is 4. The molecule has 1 aliphatic heterocycles. The van der Waals surface area contributed by atoms with E-state index in [0.29, 0.717) is 34.7 Å². The summed E-state index contributed by atoms with van der Waals surface area (Å²) in [6.45, 7) is -0.394. The lowest BCUT2D eigenvalue weighted by atomic mass is 9.82. The van der Waals surface area contributed by atoms with Gasteiger partial charge < -0.3 is 10.1 Å². The first-order valence-electron chi connectivity index (χ1n) is 10.4. The molecule has 4 amide bonds. The lowest BCUT2D eigenvalue weighted by molar-refractivity contribution is -0.140. The van der Waals surface area contributed by atoms with Crippen molar-refractivity contribution in [3.05, 3.63) is 64.7 Å². The number of halogens is 1. The van der Waals surface area contributed by atoms with E-state index in [4.69, 9.17) is 16.3 Å². The molecule has 1 saturated carbocycles. The molecule has 0 radical (unpaired) electrons. The molecule has 0 atom stereocenters. The third kappa shape index (κ3) is 4.45. The molecule has 1 heterocycles. The van der Waals surface area contributed by atoms with Crippen molar-refractivity contribution in [1.82, 2.24) is 15.8 Å². The summed E-state index contributed by atoms with van der Waals surface area (Å²) in [6.07, 6.45) is 3.87. The van der Waals surface area contributed by atoms with Crippen LogP contribution >= 0.6 is 11.6 Å². The van der Waals surface area contributed by atoms with Crippen molar-refractivity contribution in [2.45, 2.75) is 37.6 Å². The van der Waals surface area contributed by atoms with Gasteiger partial charge in [-0.25, -0.2) is 4.79 Å². The summed E-state index contributed by atoms with van der Waals surface area (Å²) in [5, 5.41) is 4.01. The van der Waals surface area contributed by atoms with E-state index in [1.54, 1.807) is 48.5 Å². The number of urea groups is 1. The molecule has 2 aliphatic rings. The Morgan fingerprint density at radius 3 is 2.19 bits per heavy atom. The van der Waals surface area contributed by atoms with Crippen LogP contribution in [0.25, 0.3) is 0 Å². The zero-order valence-electron chi connectivity index (χ0n) is 17.2. The maximum atomic E-state index is 12.7. The van der Waals surface area contributed by atoms with Crippen LogP contribution in [0.15, 0.2) is 48.5 Å². The van der Waals surface area contributed by atoms with Gasteiger partial charge in [-0.15, -0.1) is 0 Å². The standard InChI is InChI=1S/C23H22ClN3O5/c24-17-8-4-15(5-9-17)20(29)16-6-10-18(11-7-16)32-14-19(28)26-27-21(30)23(25-22(27)31)12-2-1-3-13-23/h4-11H,1-3,12-14H2,(H,25,31)(H,26,28). The first kappa shape index (κ1) is 21.8. The van der Waals surface area contributed by atoms with Crippen molar-refractivity contribution in [3.8, 4) is 5.75 Å². The fourth-order valence-electron chi connectivity index (χ4n) is 3.99. The van der Waals surface area contributed by atoms with Gasteiger partial charge in [-0.1, -0.05) is 30.9 Å². The Balaban J connectivity index is 1.31. The van der Waals surface area contributed by atoms with Gasteiger partial charge in [0.15, 0.2) is 12.4 Å². The van der Waals surface area contributed by atoms with Gasteiger partial charge in [-0.2, -0.15) is 5.01 Å². The fourth-order valence-corrected chi connectivity index (χ4v) is 4.12. The van der Waals surface area contributed by atoms with E-state index in [1.807, 2.05) is 0 Å². The van der Waals surface area contributed by atoms with Gasteiger partial charge in [0, 0.05) is 16.1 Å². The summed E-state index contributed by atoms with van der Waals surface area (Å²) in [7, 11) is 0. The Morgan fingerprint density at radius 2 is 1.56 bits per heavy atom. The minimum absolute atomic E-state index is 0.166. The number of benzene rings is 2. The van der Waals surface area contributed by atoms with Gasteiger partial charge >= 0.3 is 6.03 Å². The highest BCUT2D eigenvalue weighted by Crippen LogP contribution is 2.33. The fraction of sp³-hybridized carbons (Fsp3) is 0.304. The van der Waals surface area contributed by atoms with Gasteiger partial charge in [0.05, 0.1) is 0 Å². The van der Waals surface area contributed by atoms with Crippen LogP contribution in [0.5, 0.6) is 5.75 Å². The maximum absolute atomic E-state index is 12.7. The summed E-state index contributed by atoms with van der Waals surface area (Å²) in [5.41, 5.74) is 2.38. The molecule has 4 rings (SSSR count). The quantitative estimate of drug-likeness (QED) is 0.514. The molecule has 2 aromatic rings. The molecule has 32 heavy (non-hydrogen) atoms. The number of imide groups is 1. The Morgan fingerprint density at radius 1 is 0.969 bits per heavy atom. The highest BCUT2D eigenvalue weighted by atomic mass is 35.5. The van der Waals surface area contributed by atoms with E-state index in [1.165, 1.54) is 0 Å². The summed E-state index contributed by atoms with van der Waals surface area (Å²) < 4.78 is 5.43. The van der Waals surface area contributed by atoms with E-state index >= 15 is 0 Å². The van der Waals surface area contributed by atoms with Crippen molar-refractivity contribution in [2.75, 3.05) is 6.61 Å². The molecule has 1 spiro atoms. The Hall–Kier alpha value is -3.39. The van der Waals surface area contributed by atoms with Gasteiger partial charge in [-0.05, 0) is 61.4 Å². The summed E-state index contributed by atoms with van der Waals surface area (Å²) >= 11 is 5.85. The Labute approximate surface area is 189 Å². The minimum Gasteiger partial charge on any atom is -0.484 e. The molecule has 1 saturated heterocycles. The molecule has 166 valence electrons. The molecule has 2 fully saturated rings. The van der Waals surface area contributed by atoms with Crippen molar-refractivity contribution in [2.24, 2.45) is 0 Å². The van der Waals surface area contributed by atoms with Crippen LogP contribution in [-0.2, 0) is 9.59 Å². The van der Waals surface area contributed by atoms with E-state index < -0.39 is 30.0 Å². The van der Waals surface area contributed by atoms with Crippen molar-refractivity contribution in [1.29, 1.82) is 0 Å². The predicted octanol–water partition coefficient (Wildman–Crippen LogP) is 3.24. The minimum atomic E-state index is -0.907. The number of rotatable bonds is 6. The molecule has 0 bridgehead atoms. The van der Waals surface area contributed by atoms with Gasteiger partial charge in [-0.3, -0.25) is 19.8 Å². The predicted molar refractivity (Wildman–Crippen MR) is 116 cm³/mol. The number of carbonyl (C=O) groups excluding carboxylic acids is 4. The average molecular weight is 456 g/mol. The second-order valence-corrected chi connectivity index (χ2v) is 8.33. The van der Waals surface area contributed by atoms with Crippen LogP contribution < -0.4 is 15.5 Å². The maximum Gasteiger partial charge on any atom is 0.344 e. The average Bonchev–Trinajstić information content (AvgIpc) is 3.02. The Kier molecular flexibility index (Phi) is 6.14. The molecule has 2 N–H and O–H groups in total. The normalized spacial score (nSPS) is 17.2. The molecule has 9 heteroatoms. The Bertz CT molecular complexity index is 1050. The number of carbonyl (C=O) groups is 4. The lowest BCUT2D eigenvalue weighted by Gasteiger charge is -2.30. The SMILES string of the molecule is O=C(COc1ccc(C(=O)c2ccc(Cl)cc2)cc1)NN1C(=O)NC2(CCCCC2)C1=O. The van der Waals surface area contributed by atoms with Crippen LogP contribution in [0.1, 0.15) is 48.0 Å². The summed E-state index contributed by atoms with van der Waals surface area (Å²) in [6, 6.07) is 12.3. The number of hydrogen-bond donors (Lipinski definition) is 2. The van der Waals surface area contributed by atoms with E-state index in [0.717, 1.165) is 24.3 Å². The topological polar surface area (TPSA) is 105 Å². The number of nitrogens with zero attached hydrogens (tertiary/aromatic N) is 1. The third-order valence-electron chi connectivity index (χ3n) is 5.70. The number of hydrazine groups is 1. The second-order valence-electron chi connectivity index (χ2n) is 7.90. The van der Waals surface area contributed by atoms with Crippen LogP contribution in [0.3, 0.4) is 0 Å². The highest BCUT2D eigenvalue weighted by Gasteiger charge is 2.52. The van der Waals surface area contributed by atoms with Crippen LogP contribution in [0, 0.1) is 0 Å². The lowest BCUT2D eigenvalue weighted by Crippen LogP contribution is -2.51. The molecular formula is C23H22ClN3O5. The molecule has 8 nitrogen and oxygen atoms in total. The molecular weight excluding hydrogens is 434 g/mol. The summed E-state index contributed by atoms with van der Waals surface area (Å²) in [4.78, 5) is 49.6. The first-order chi connectivity index (χ1) is 15.4. The zero-order chi connectivity index (χ0) is 22.7. The highest BCUT2D eigenvalue weighted by molar-refractivity contribution is 6.30. The first-order valence-corrected chi connectivity index (χ1v) is 10.8. The number of ketones is 1. The smallest absolute Gasteiger partial charge is 0.344 e. The molecule has 1 aliphatic carbocycles. The number of ether oxygens (including phenoxy) is 1. The van der Waals surface area contributed by atoms with Crippen molar-refractivity contribution in [3.63, 3.8) is 0 Å². The van der Waals surface area contributed by atoms with Crippen molar-refractivity contribution >= 4 is 35.2 Å². The van der Waals surface area contributed by atoms with Crippen LogP contribution in [-0.4, -0.2) is 40.8 Å². The monoisotopic (exact) mass is 455 g/mol. The summed E-state index contributed by atoms with van der Waals surface area (Å²) in [5.74, 6) is -0.863. The van der Waals surface area contributed by atoms with E-state index in [2.05, 4.69) is 10.7 Å².